The third kappa shape index (κ3) is 6.84. The number of aryl methyl sites for hydroxylation is 1. The summed E-state index contributed by atoms with van der Waals surface area (Å²) in [5, 5.41) is 26.7. The fourth-order valence-corrected chi connectivity index (χ4v) is 6.82. The Morgan fingerprint density at radius 1 is 1.23 bits per heavy atom. The number of Topliss-reactive ketones (excluding diaryl/α,β-unsaturated/α-hetero) is 1. The number of hydrogen-bond donors (Lipinski definition) is 3. The van der Waals surface area contributed by atoms with E-state index < -0.39 is 23.5 Å². The Bertz CT molecular complexity index is 1270. The van der Waals surface area contributed by atoms with Crippen molar-refractivity contribution < 1.29 is 24.5 Å². The number of aliphatic hydroxyl groups excluding tert-OH is 2. The fraction of sp³-hybridized carbons (Fsp3) is 0.656. The maximum Gasteiger partial charge on any atom is 0.223 e. The summed E-state index contributed by atoms with van der Waals surface area (Å²) in [4.78, 5) is 31.8. The number of fused-ring (bicyclic) bond motifs is 2. The van der Waals surface area contributed by atoms with Crippen LogP contribution in [0.25, 0.3) is 10.2 Å². The Labute approximate surface area is 242 Å². The number of epoxide rings is 1. The average Bonchev–Trinajstić information content (AvgIpc) is 3.34. The van der Waals surface area contributed by atoms with Gasteiger partial charge in [0.2, 0.25) is 5.91 Å². The van der Waals surface area contributed by atoms with Crippen molar-refractivity contribution in [3.63, 3.8) is 0 Å². The second-order valence-electron chi connectivity index (χ2n) is 13.0. The Morgan fingerprint density at radius 2 is 1.95 bits per heavy atom. The van der Waals surface area contributed by atoms with E-state index in [1.807, 2.05) is 52.0 Å². The molecule has 4 rings (SSSR count). The molecule has 1 aromatic heterocycles. The van der Waals surface area contributed by atoms with Crippen LogP contribution in [0.15, 0.2) is 29.8 Å². The van der Waals surface area contributed by atoms with Crippen molar-refractivity contribution >= 4 is 33.2 Å². The molecule has 2 saturated heterocycles. The first-order valence-corrected chi connectivity index (χ1v) is 15.4. The molecule has 2 unspecified atom stereocenters. The van der Waals surface area contributed by atoms with Crippen LogP contribution in [-0.2, 0) is 14.3 Å². The number of carbonyl (C=O) groups excluding carboxylic acids is 2. The normalized spacial score (nSPS) is 33.7. The number of hydrogen-bond acceptors (Lipinski definition) is 7. The number of amides is 1. The number of allylic oxidation sites excluding steroid dienone is 2. The molecule has 0 aliphatic carbocycles. The predicted molar refractivity (Wildman–Crippen MR) is 159 cm³/mol. The molecule has 0 bridgehead atoms. The summed E-state index contributed by atoms with van der Waals surface area (Å²) in [6, 6.07) is 5.80. The zero-order valence-corrected chi connectivity index (χ0v) is 25.8. The highest BCUT2D eigenvalue weighted by Gasteiger charge is 2.52. The first kappa shape index (κ1) is 30.8. The summed E-state index contributed by atoms with van der Waals surface area (Å²) in [7, 11) is 0. The van der Waals surface area contributed by atoms with Gasteiger partial charge in [-0.05, 0) is 70.6 Å². The van der Waals surface area contributed by atoms with Gasteiger partial charge >= 0.3 is 0 Å². The van der Waals surface area contributed by atoms with Gasteiger partial charge in [-0.25, -0.2) is 4.98 Å². The number of ether oxygens (including phenoxy) is 1. The van der Waals surface area contributed by atoms with Crippen molar-refractivity contribution in [1.82, 2.24) is 10.3 Å². The topological polar surface area (TPSA) is 112 Å². The largest absolute Gasteiger partial charge is 0.392 e. The van der Waals surface area contributed by atoms with Crippen LogP contribution in [0.2, 0.25) is 0 Å². The molecular formula is C32H46N2O5S. The van der Waals surface area contributed by atoms with Crippen molar-refractivity contribution in [2.45, 2.75) is 117 Å². The molecule has 7 atom stereocenters. The van der Waals surface area contributed by atoms with Crippen molar-refractivity contribution in [2.24, 2.45) is 17.3 Å². The Kier molecular flexibility index (Phi) is 9.25. The van der Waals surface area contributed by atoms with Crippen molar-refractivity contribution in [3.8, 4) is 0 Å². The number of benzene rings is 1. The molecule has 0 radical (unpaired) electrons. The lowest BCUT2D eigenvalue weighted by molar-refractivity contribution is -0.144. The molecule has 3 N–H and O–H groups in total. The van der Waals surface area contributed by atoms with E-state index in [1.165, 1.54) is 0 Å². The van der Waals surface area contributed by atoms with Crippen molar-refractivity contribution in [3.05, 3.63) is 40.4 Å². The summed E-state index contributed by atoms with van der Waals surface area (Å²) in [6.07, 6.45) is 3.21. The molecule has 1 aromatic carbocycles. The van der Waals surface area contributed by atoms with Crippen molar-refractivity contribution in [1.29, 1.82) is 0 Å². The molecule has 2 aromatic rings. The van der Waals surface area contributed by atoms with Gasteiger partial charge in [-0.2, -0.15) is 0 Å². The maximum absolute atomic E-state index is 13.9. The van der Waals surface area contributed by atoms with E-state index in [1.54, 1.807) is 25.2 Å². The molecule has 8 heteroatoms. The highest BCUT2D eigenvalue weighted by molar-refractivity contribution is 7.18. The van der Waals surface area contributed by atoms with E-state index >= 15 is 0 Å². The van der Waals surface area contributed by atoms with Gasteiger partial charge in [0.25, 0.3) is 0 Å². The number of nitrogens with one attached hydrogen (secondary N) is 1. The van der Waals surface area contributed by atoms with E-state index in [-0.39, 0.29) is 41.8 Å². The molecule has 3 heterocycles. The van der Waals surface area contributed by atoms with Crippen molar-refractivity contribution in [2.75, 3.05) is 0 Å². The van der Waals surface area contributed by atoms with Crippen LogP contribution >= 0.6 is 11.3 Å². The monoisotopic (exact) mass is 570 g/mol. The second kappa shape index (κ2) is 12.0. The van der Waals surface area contributed by atoms with Crippen LogP contribution in [-0.4, -0.2) is 50.8 Å². The Balaban J connectivity index is 1.63. The van der Waals surface area contributed by atoms with E-state index in [2.05, 4.69) is 17.2 Å². The van der Waals surface area contributed by atoms with Crippen LogP contribution < -0.4 is 5.32 Å². The number of rotatable bonds is 3. The number of thiazole rings is 1. The molecule has 40 heavy (non-hydrogen) atoms. The lowest BCUT2D eigenvalue weighted by Crippen LogP contribution is -2.47. The van der Waals surface area contributed by atoms with Crippen LogP contribution in [0.1, 0.15) is 96.7 Å². The smallest absolute Gasteiger partial charge is 0.223 e. The average molecular weight is 571 g/mol. The standard InChI is InChI=1S/C32H46N2O5S/c1-18(2)10-12-22-29(37)19(3)9-8-14-32(7)27(39-32)16-23(21-11-13-25-24(15-21)33-20(4)40-25)34-28(36)17-26(35)31(5,6)30(22)38/h10-11,13,15,19,22-23,26-27,29,35,37H,8-9,12,14,16-17H2,1-7H3,(H,34,36)/t19-,22+,23-,26-,27?,29+,32?/m0/s1. The van der Waals surface area contributed by atoms with E-state index in [0.717, 1.165) is 45.6 Å². The number of nitrogens with zero attached hydrogens (tertiary/aromatic N) is 1. The number of aromatic nitrogens is 1. The van der Waals surface area contributed by atoms with E-state index in [4.69, 9.17) is 4.74 Å². The van der Waals surface area contributed by atoms with Gasteiger partial charge in [0.1, 0.15) is 5.78 Å². The van der Waals surface area contributed by atoms with Gasteiger partial charge < -0.3 is 20.3 Å². The maximum atomic E-state index is 13.9. The second-order valence-corrected chi connectivity index (χ2v) is 14.3. The summed E-state index contributed by atoms with van der Waals surface area (Å²) in [5.74, 6) is -1.29. The minimum Gasteiger partial charge on any atom is -0.392 e. The van der Waals surface area contributed by atoms with E-state index in [9.17, 15) is 19.8 Å². The number of aliphatic hydroxyl groups is 2. The van der Waals surface area contributed by atoms with Gasteiger partial charge in [0.05, 0.1) is 57.0 Å². The summed E-state index contributed by atoms with van der Waals surface area (Å²) in [6.45, 7) is 13.4. The van der Waals surface area contributed by atoms with Crippen LogP contribution in [0.5, 0.6) is 0 Å². The molecule has 2 aliphatic rings. The zero-order chi connectivity index (χ0) is 29.4. The summed E-state index contributed by atoms with van der Waals surface area (Å²) >= 11 is 1.64. The van der Waals surface area contributed by atoms with Gasteiger partial charge in [-0.3, -0.25) is 9.59 Å². The van der Waals surface area contributed by atoms with Gasteiger partial charge in [-0.15, -0.1) is 11.3 Å². The molecule has 7 nitrogen and oxygen atoms in total. The molecule has 220 valence electrons. The molecule has 0 saturated carbocycles. The Hall–Kier alpha value is -2.13. The number of ketones is 1. The summed E-state index contributed by atoms with van der Waals surface area (Å²) < 4.78 is 7.29. The molecule has 2 fully saturated rings. The van der Waals surface area contributed by atoms with E-state index in [0.29, 0.717) is 12.8 Å². The first-order chi connectivity index (χ1) is 18.7. The number of carbonyl (C=O) groups is 2. The predicted octanol–water partition coefficient (Wildman–Crippen LogP) is 5.81. The third-order valence-electron chi connectivity index (χ3n) is 9.03. The summed E-state index contributed by atoms with van der Waals surface area (Å²) in [5.41, 5.74) is 1.43. The SMILES string of the molecule is CC(C)=CC[C@H]1C(=O)C(C)(C)[C@@H](O)CC(=O)N[C@H](c2ccc3sc(C)nc3c2)CC2OC2(C)CCC[C@H](C)[C@H]1O. The van der Waals surface area contributed by atoms with Gasteiger partial charge in [-0.1, -0.05) is 44.9 Å². The fourth-order valence-electron chi connectivity index (χ4n) is 6.01. The lowest BCUT2D eigenvalue weighted by atomic mass is 9.71. The quantitative estimate of drug-likeness (QED) is 0.317. The van der Waals surface area contributed by atoms with Crippen LogP contribution in [0, 0.1) is 24.2 Å². The van der Waals surface area contributed by atoms with Gasteiger partial charge in [0, 0.05) is 12.3 Å². The highest BCUT2D eigenvalue weighted by Crippen LogP contribution is 2.46. The minimum atomic E-state index is -1.21. The molecule has 2 aliphatic heterocycles. The first-order valence-electron chi connectivity index (χ1n) is 14.6. The highest BCUT2D eigenvalue weighted by atomic mass is 32.1. The molecule has 0 spiro atoms. The Morgan fingerprint density at radius 3 is 2.65 bits per heavy atom. The van der Waals surface area contributed by atoms with Crippen LogP contribution in [0.3, 0.4) is 0 Å². The van der Waals surface area contributed by atoms with Gasteiger partial charge in [0.15, 0.2) is 0 Å². The van der Waals surface area contributed by atoms with Crippen LogP contribution in [0.4, 0.5) is 0 Å². The molecule has 1 amide bonds. The lowest BCUT2D eigenvalue weighted by Gasteiger charge is -2.36. The minimum absolute atomic E-state index is 0.00726. The molecular weight excluding hydrogens is 524 g/mol. The zero-order valence-electron chi connectivity index (χ0n) is 25.0. The third-order valence-corrected chi connectivity index (χ3v) is 9.98.